The van der Waals surface area contributed by atoms with E-state index in [1.165, 1.54) is 0 Å². The Balaban J connectivity index is 3.02. The molecule has 0 heterocycles. The number of hydrogen-bond acceptors (Lipinski definition) is 5. The van der Waals surface area contributed by atoms with Crippen LogP contribution in [0.15, 0.2) is 18.2 Å². The number of nitrogens with zero attached hydrogens (tertiary/aromatic N) is 2. The molecule has 0 aliphatic carbocycles. The number of carbonyl (C=O) groups is 3. The summed E-state index contributed by atoms with van der Waals surface area (Å²) in [6, 6.07) is 5.70. The maximum Gasteiger partial charge on any atom is 0.306 e. The SMILES string of the molecule is CCCN(Cc1cc(NC(=O)CCC(=O)OCC)ccc1N(C)C)C(=O)C(CC)CC. The molecule has 31 heavy (non-hydrogen) atoms. The second kappa shape index (κ2) is 13.7. The smallest absolute Gasteiger partial charge is 0.306 e. The summed E-state index contributed by atoms with van der Waals surface area (Å²) in [7, 11) is 3.92. The summed E-state index contributed by atoms with van der Waals surface area (Å²) < 4.78 is 4.87. The standard InChI is InChI=1S/C24H39N3O4/c1-7-15-27(24(30)18(8-2)9-3)17-19-16-20(11-12-21(19)26(5)6)25-22(28)13-14-23(29)31-10-4/h11-12,16,18H,7-10,13-15,17H2,1-6H3,(H,25,28). The summed E-state index contributed by atoms with van der Waals surface area (Å²) in [4.78, 5) is 40.7. The molecule has 1 aromatic carbocycles. The van der Waals surface area contributed by atoms with Crippen LogP contribution in [0.3, 0.4) is 0 Å². The van der Waals surface area contributed by atoms with E-state index in [0.717, 1.165) is 30.5 Å². The molecular weight excluding hydrogens is 394 g/mol. The van der Waals surface area contributed by atoms with Crippen LogP contribution in [-0.2, 0) is 25.7 Å². The van der Waals surface area contributed by atoms with E-state index in [1.54, 1.807) is 6.92 Å². The number of rotatable bonds is 13. The molecule has 0 radical (unpaired) electrons. The number of esters is 1. The molecule has 0 aliphatic rings. The molecule has 0 spiro atoms. The molecule has 7 nitrogen and oxygen atoms in total. The lowest BCUT2D eigenvalue weighted by Crippen LogP contribution is -2.36. The lowest BCUT2D eigenvalue weighted by molar-refractivity contribution is -0.144. The van der Waals surface area contributed by atoms with Crippen LogP contribution in [0, 0.1) is 5.92 Å². The fraction of sp³-hybridized carbons (Fsp3) is 0.625. The first-order valence-electron chi connectivity index (χ1n) is 11.3. The predicted molar refractivity (Wildman–Crippen MR) is 125 cm³/mol. The first kappa shape index (κ1) is 26.5. The molecule has 1 aromatic rings. The Morgan fingerprint density at radius 2 is 1.71 bits per heavy atom. The molecule has 1 N–H and O–H groups in total. The summed E-state index contributed by atoms with van der Waals surface area (Å²) in [5, 5.41) is 2.86. The number of ether oxygens (including phenoxy) is 1. The summed E-state index contributed by atoms with van der Waals surface area (Å²) in [5.74, 6) is -0.410. The van der Waals surface area contributed by atoms with Gasteiger partial charge >= 0.3 is 5.97 Å². The minimum absolute atomic E-state index is 0.0279. The van der Waals surface area contributed by atoms with Gasteiger partial charge in [0.2, 0.25) is 11.8 Å². The highest BCUT2D eigenvalue weighted by Crippen LogP contribution is 2.26. The fourth-order valence-corrected chi connectivity index (χ4v) is 3.54. The predicted octanol–water partition coefficient (Wildman–Crippen LogP) is 4.21. The summed E-state index contributed by atoms with van der Waals surface area (Å²) in [5.41, 5.74) is 2.63. The zero-order valence-corrected chi connectivity index (χ0v) is 20.0. The highest BCUT2D eigenvalue weighted by atomic mass is 16.5. The van der Waals surface area contributed by atoms with Crippen LogP contribution in [0.5, 0.6) is 0 Å². The van der Waals surface area contributed by atoms with Crippen LogP contribution in [0.25, 0.3) is 0 Å². The zero-order valence-electron chi connectivity index (χ0n) is 20.0. The van der Waals surface area contributed by atoms with Crippen LogP contribution in [0.2, 0.25) is 0 Å². The van der Waals surface area contributed by atoms with Crippen LogP contribution in [0.1, 0.15) is 65.4 Å². The van der Waals surface area contributed by atoms with Crippen molar-refractivity contribution in [3.05, 3.63) is 23.8 Å². The van der Waals surface area contributed by atoms with Gasteiger partial charge in [-0.05, 0) is 49.9 Å². The van der Waals surface area contributed by atoms with Crippen LogP contribution >= 0.6 is 0 Å². The maximum absolute atomic E-state index is 13.0. The van der Waals surface area contributed by atoms with E-state index in [0.29, 0.717) is 25.4 Å². The van der Waals surface area contributed by atoms with Crippen LogP contribution < -0.4 is 10.2 Å². The van der Waals surface area contributed by atoms with Crippen molar-refractivity contribution < 1.29 is 19.1 Å². The van der Waals surface area contributed by atoms with Gasteiger partial charge in [-0.2, -0.15) is 0 Å². The molecule has 0 unspecified atom stereocenters. The number of carbonyl (C=O) groups excluding carboxylic acids is 3. The molecule has 0 atom stereocenters. The van der Waals surface area contributed by atoms with E-state index in [-0.39, 0.29) is 36.5 Å². The molecule has 174 valence electrons. The highest BCUT2D eigenvalue weighted by molar-refractivity contribution is 5.93. The van der Waals surface area contributed by atoms with Crippen molar-refractivity contribution in [2.45, 2.75) is 66.3 Å². The van der Waals surface area contributed by atoms with Crippen molar-refractivity contribution in [3.63, 3.8) is 0 Å². The summed E-state index contributed by atoms with van der Waals surface area (Å²) in [6.45, 7) is 9.39. The topological polar surface area (TPSA) is 79.0 Å². The second-order valence-corrected chi connectivity index (χ2v) is 7.86. The zero-order chi connectivity index (χ0) is 23.4. The quantitative estimate of drug-likeness (QED) is 0.472. The van der Waals surface area contributed by atoms with Crippen molar-refractivity contribution in [1.29, 1.82) is 0 Å². The molecular formula is C24H39N3O4. The van der Waals surface area contributed by atoms with Gasteiger partial charge in [0, 0.05) is 50.9 Å². The first-order valence-corrected chi connectivity index (χ1v) is 11.3. The highest BCUT2D eigenvalue weighted by Gasteiger charge is 2.22. The monoisotopic (exact) mass is 433 g/mol. The third-order valence-electron chi connectivity index (χ3n) is 5.21. The lowest BCUT2D eigenvalue weighted by Gasteiger charge is -2.28. The third kappa shape index (κ3) is 8.59. The van der Waals surface area contributed by atoms with Crippen LogP contribution in [-0.4, -0.2) is 49.9 Å². The summed E-state index contributed by atoms with van der Waals surface area (Å²) in [6.07, 6.45) is 2.65. The van der Waals surface area contributed by atoms with Gasteiger partial charge in [0.05, 0.1) is 13.0 Å². The maximum atomic E-state index is 13.0. The number of nitrogens with one attached hydrogen (secondary N) is 1. The van der Waals surface area contributed by atoms with E-state index < -0.39 is 0 Å². The van der Waals surface area contributed by atoms with Gasteiger partial charge in [0.25, 0.3) is 0 Å². The average molecular weight is 434 g/mol. The lowest BCUT2D eigenvalue weighted by atomic mass is 10.0. The van der Waals surface area contributed by atoms with E-state index >= 15 is 0 Å². The Morgan fingerprint density at radius 3 is 2.26 bits per heavy atom. The Bertz CT molecular complexity index is 730. The van der Waals surface area contributed by atoms with Crippen molar-refractivity contribution in [1.82, 2.24) is 4.90 Å². The first-order chi connectivity index (χ1) is 14.8. The van der Waals surface area contributed by atoms with Gasteiger partial charge in [-0.15, -0.1) is 0 Å². The van der Waals surface area contributed by atoms with Gasteiger partial charge in [0.1, 0.15) is 0 Å². The van der Waals surface area contributed by atoms with E-state index in [2.05, 4.69) is 12.2 Å². The number of amides is 2. The van der Waals surface area contributed by atoms with Crippen molar-refractivity contribution in [2.24, 2.45) is 5.92 Å². The van der Waals surface area contributed by atoms with E-state index in [4.69, 9.17) is 4.74 Å². The van der Waals surface area contributed by atoms with Gasteiger partial charge < -0.3 is 19.9 Å². The molecule has 0 saturated heterocycles. The largest absolute Gasteiger partial charge is 0.466 e. The number of anilines is 2. The average Bonchev–Trinajstić information content (AvgIpc) is 2.73. The molecule has 0 aromatic heterocycles. The molecule has 1 rings (SSSR count). The Kier molecular flexibility index (Phi) is 11.7. The van der Waals surface area contributed by atoms with E-state index in [1.807, 2.05) is 55.9 Å². The van der Waals surface area contributed by atoms with E-state index in [9.17, 15) is 14.4 Å². The second-order valence-electron chi connectivity index (χ2n) is 7.86. The molecule has 7 heteroatoms. The van der Waals surface area contributed by atoms with Crippen molar-refractivity contribution >= 4 is 29.2 Å². The Labute approximate surface area is 187 Å². The van der Waals surface area contributed by atoms with Crippen LogP contribution in [0.4, 0.5) is 11.4 Å². The van der Waals surface area contributed by atoms with Crippen molar-refractivity contribution in [2.75, 3.05) is 37.5 Å². The van der Waals surface area contributed by atoms with Gasteiger partial charge in [-0.1, -0.05) is 20.8 Å². The third-order valence-corrected chi connectivity index (χ3v) is 5.21. The molecule has 0 fully saturated rings. The molecule has 2 amide bonds. The minimum Gasteiger partial charge on any atom is -0.466 e. The number of benzene rings is 1. The Hall–Kier alpha value is -2.57. The number of hydrogen-bond donors (Lipinski definition) is 1. The molecule has 0 saturated carbocycles. The van der Waals surface area contributed by atoms with Gasteiger partial charge in [0.15, 0.2) is 0 Å². The van der Waals surface area contributed by atoms with Crippen molar-refractivity contribution in [3.8, 4) is 0 Å². The summed E-state index contributed by atoms with van der Waals surface area (Å²) >= 11 is 0. The Morgan fingerprint density at radius 1 is 1.03 bits per heavy atom. The van der Waals surface area contributed by atoms with Gasteiger partial charge in [-0.3, -0.25) is 14.4 Å². The molecule has 0 bridgehead atoms. The minimum atomic E-state index is -0.378. The normalized spacial score (nSPS) is 10.7. The fourth-order valence-electron chi connectivity index (χ4n) is 3.54. The van der Waals surface area contributed by atoms with Gasteiger partial charge in [-0.25, -0.2) is 0 Å². The molecule has 0 aliphatic heterocycles.